The Kier molecular flexibility index (Phi) is 8.34. The fourth-order valence-corrected chi connectivity index (χ4v) is 3.47. The first kappa shape index (κ1) is 22.3. The maximum Gasteiger partial charge on any atom is 0.258 e. The van der Waals surface area contributed by atoms with Gasteiger partial charge in [0.15, 0.2) is 11.6 Å². The second-order valence-corrected chi connectivity index (χ2v) is 8.02. The molecule has 0 spiro atoms. The van der Waals surface area contributed by atoms with Crippen molar-refractivity contribution in [3.63, 3.8) is 0 Å². The molecule has 152 valence electrons. The molecule has 28 heavy (non-hydrogen) atoms. The molecule has 0 bridgehead atoms. The van der Waals surface area contributed by atoms with Gasteiger partial charge in [0.25, 0.3) is 5.91 Å². The highest BCUT2D eigenvalue weighted by Gasteiger charge is 2.20. The Bertz CT molecular complexity index is 836. The van der Waals surface area contributed by atoms with Crippen molar-refractivity contribution in [1.29, 1.82) is 0 Å². The normalized spacial score (nSPS) is 12.2. The molecule has 0 saturated carbocycles. The lowest BCUT2D eigenvalue weighted by Crippen LogP contribution is -2.40. The van der Waals surface area contributed by atoms with Crippen LogP contribution in [0, 0.1) is 5.82 Å². The average molecular weight is 430 g/mol. The number of ether oxygens (including phenoxy) is 1. The van der Waals surface area contributed by atoms with Crippen molar-refractivity contribution in [2.24, 2.45) is 0 Å². The number of hydrogen-bond acceptors (Lipinski definition) is 5. The van der Waals surface area contributed by atoms with Gasteiger partial charge in [0.05, 0.1) is 11.4 Å². The van der Waals surface area contributed by atoms with Crippen LogP contribution < -0.4 is 10.2 Å². The van der Waals surface area contributed by atoms with Gasteiger partial charge >= 0.3 is 0 Å². The minimum absolute atomic E-state index is 0.0315. The predicted molar refractivity (Wildman–Crippen MR) is 104 cm³/mol. The summed E-state index contributed by atoms with van der Waals surface area (Å²) in [6.45, 7) is 0.490. The lowest BCUT2D eigenvalue weighted by atomic mass is 10.3. The lowest BCUT2D eigenvalue weighted by Gasteiger charge is -2.22. The molecule has 0 aliphatic heterocycles. The van der Waals surface area contributed by atoms with Crippen molar-refractivity contribution in [3.05, 3.63) is 53.3 Å². The molecule has 2 aromatic rings. The Labute approximate surface area is 170 Å². The zero-order valence-corrected chi connectivity index (χ0v) is 17.0. The van der Waals surface area contributed by atoms with Gasteiger partial charge in [0, 0.05) is 18.1 Å². The monoisotopic (exact) mass is 429 g/mol. The van der Waals surface area contributed by atoms with Gasteiger partial charge in [-0.1, -0.05) is 11.6 Å². The molecule has 2 aromatic carbocycles. The molecular formula is C18H21ClFN3O4S. The molecule has 0 heterocycles. The zero-order chi connectivity index (χ0) is 20.7. The molecule has 2 N–H and O–H groups in total. The van der Waals surface area contributed by atoms with E-state index >= 15 is 0 Å². The van der Waals surface area contributed by atoms with Crippen LogP contribution in [0.2, 0.25) is 5.02 Å². The SMILES string of the molecule is CN(C)CCN(CC(=O)NO)S(=O)c1ccc(Oc2ccc(Cl)cc2)c(F)c1. The molecule has 1 unspecified atom stereocenters. The molecule has 0 saturated heterocycles. The molecular weight excluding hydrogens is 409 g/mol. The van der Waals surface area contributed by atoms with E-state index in [9.17, 15) is 13.4 Å². The largest absolute Gasteiger partial charge is 0.454 e. The highest BCUT2D eigenvalue weighted by atomic mass is 35.5. The van der Waals surface area contributed by atoms with Crippen molar-refractivity contribution in [1.82, 2.24) is 14.7 Å². The highest BCUT2D eigenvalue weighted by molar-refractivity contribution is 7.82. The summed E-state index contributed by atoms with van der Waals surface area (Å²) in [6, 6.07) is 10.4. The maximum absolute atomic E-state index is 14.5. The number of nitrogens with zero attached hydrogens (tertiary/aromatic N) is 2. The van der Waals surface area contributed by atoms with Gasteiger partial charge in [-0.25, -0.2) is 18.4 Å². The molecule has 10 heteroatoms. The summed E-state index contributed by atoms with van der Waals surface area (Å²) in [5.74, 6) is -1.03. The quantitative estimate of drug-likeness (QED) is 0.473. The van der Waals surface area contributed by atoms with E-state index in [1.807, 2.05) is 19.0 Å². The van der Waals surface area contributed by atoms with Gasteiger partial charge < -0.3 is 9.64 Å². The summed E-state index contributed by atoms with van der Waals surface area (Å²) >= 11 is 5.81. The minimum atomic E-state index is -1.81. The number of rotatable bonds is 9. The molecule has 7 nitrogen and oxygen atoms in total. The van der Waals surface area contributed by atoms with Crippen LogP contribution in [-0.4, -0.2) is 58.3 Å². The Balaban J connectivity index is 2.17. The van der Waals surface area contributed by atoms with Gasteiger partial charge in [-0.3, -0.25) is 10.0 Å². The predicted octanol–water partition coefficient (Wildman–Crippen LogP) is 2.66. The molecule has 0 radical (unpaired) electrons. The third kappa shape index (κ3) is 6.54. The number of carbonyl (C=O) groups is 1. The third-order valence-corrected chi connectivity index (χ3v) is 5.31. The van der Waals surface area contributed by atoms with Gasteiger partial charge in [-0.05, 0) is 56.6 Å². The zero-order valence-electron chi connectivity index (χ0n) is 15.4. The molecule has 2 rings (SSSR count). The maximum atomic E-state index is 14.5. The average Bonchev–Trinajstić information content (AvgIpc) is 2.67. The Hall–Kier alpha value is -2.04. The summed E-state index contributed by atoms with van der Waals surface area (Å²) in [4.78, 5) is 13.5. The van der Waals surface area contributed by atoms with Gasteiger partial charge in [0.2, 0.25) is 0 Å². The molecule has 0 aromatic heterocycles. The van der Waals surface area contributed by atoms with Crippen LogP contribution in [0.4, 0.5) is 4.39 Å². The van der Waals surface area contributed by atoms with Crippen LogP contribution >= 0.6 is 11.6 Å². The molecule has 0 fully saturated rings. The smallest absolute Gasteiger partial charge is 0.258 e. The van der Waals surface area contributed by atoms with E-state index in [0.29, 0.717) is 17.3 Å². The van der Waals surface area contributed by atoms with Crippen LogP contribution in [0.25, 0.3) is 0 Å². The van der Waals surface area contributed by atoms with Crippen molar-refractivity contribution in [2.45, 2.75) is 4.90 Å². The van der Waals surface area contributed by atoms with Crippen LogP contribution in [0.1, 0.15) is 0 Å². The fourth-order valence-electron chi connectivity index (χ4n) is 2.18. The number of nitrogens with one attached hydrogen (secondary N) is 1. The second kappa shape index (κ2) is 10.5. The molecule has 1 amide bonds. The van der Waals surface area contributed by atoms with E-state index in [2.05, 4.69) is 0 Å². The topological polar surface area (TPSA) is 82.1 Å². The van der Waals surface area contributed by atoms with Crippen molar-refractivity contribution >= 4 is 28.5 Å². The van der Waals surface area contributed by atoms with Crippen LogP contribution in [0.5, 0.6) is 11.5 Å². The number of amides is 1. The van der Waals surface area contributed by atoms with E-state index in [1.54, 1.807) is 24.3 Å². The van der Waals surface area contributed by atoms with E-state index in [-0.39, 0.29) is 23.7 Å². The molecule has 0 aliphatic rings. The first-order valence-corrected chi connectivity index (χ1v) is 9.76. The van der Waals surface area contributed by atoms with Crippen molar-refractivity contribution < 1.29 is 23.3 Å². The lowest BCUT2D eigenvalue weighted by molar-refractivity contribution is -0.129. The molecule has 1 atom stereocenters. The van der Waals surface area contributed by atoms with Crippen LogP contribution in [0.3, 0.4) is 0 Å². The number of carbonyl (C=O) groups excluding carboxylic acids is 1. The summed E-state index contributed by atoms with van der Waals surface area (Å²) < 4.78 is 34.1. The van der Waals surface area contributed by atoms with E-state index in [0.717, 1.165) is 6.07 Å². The Morgan fingerprint density at radius 3 is 2.46 bits per heavy atom. The summed E-state index contributed by atoms with van der Waals surface area (Å²) in [5.41, 5.74) is 1.51. The number of likely N-dealkylation sites (N-methyl/N-ethyl adjacent to an activating group) is 1. The summed E-state index contributed by atoms with van der Waals surface area (Å²) in [7, 11) is 1.85. The fraction of sp³-hybridized carbons (Fsp3) is 0.278. The van der Waals surface area contributed by atoms with E-state index < -0.39 is 22.7 Å². The Morgan fingerprint density at radius 2 is 1.89 bits per heavy atom. The van der Waals surface area contributed by atoms with E-state index in [4.69, 9.17) is 21.5 Å². The van der Waals surface area contributed by atoms with Crippen molar-refractivity contribution in [2.75, 3.05) is 33.7 Å². The first-order valence-electron chi connectivity index (χ1n) is 8.27. The second-order valence-electron chi connectivity index (χ2n) is 6.10. The standard InChI is InChI=1S/C18H21ClFN3O4S/c1-22(2)9-10-23(12-18(24)21-25)28(26)15-7-8-17(16(20)11-15)27-14-5-3-13(19)4-6-14/h3-8,11,25H,9-10,12H2,1-2H3,(H,21,24). The molecule has 0 aliphatic carbocycles. The first-order chi connectivity index (χ1) is 13.3. The van der Waals surface area contributed by atoms with Crippen LogP contribution in [-0.2, 0) is 15.8 Å². The summed E-state index contributed by atoms with van der Waals surface area (Å²) in [5, 5.41) is 9.26. The third-order valence-electron chi connectivity index (χ3n) is 3.62. The summed E-state index contributed by atoms with van der Waals surface area (Å²) in [6.07, 6.45) is 0. The van der Waals surface area contributed by atoms with Gasteiger partial charge in [0.1, 0.15) is 16.7 Å². The van der Waals surface area contributed by atoms with Gasteiger partial charge in [-0.15, -0.1) is 0 Å². The van der Waals surface area contributed by atoms with Crippen molar-refractivity contribution in [3.8, 4) is 11.5 Å². The number of hydroxylamine groups is 1. The highest BCUT2D eigenvalue weighted by Crippen LogP contribution is 2.27. The Morgan fingerprint density at radius 1 is 1.21 bits per heavy atom. The number of hydrogen-bond donors (Lipinski definition) is 2. The van der Waals surface area contributed by atoms with E-state index in [1.165, 1.54) is 21.9 Å². The number of benzene rings is 2. The van der Waals surface area contributed by atoms with Crippen LogP contribution in [0.15, 0.2) is 47.4 Å². The van der Waals surface area contributed by atoms with Gasteiger partial charge in [-0.2, -0.15) is 0 Å². The minimum Gasteiger partial charge on any atom is -0.454 e. The number of halogens is 2.